The Morgan fingerprint density at radius 2 is 0.960 bits per heavy atom. The normalized spacial score (nSPS) is 12.2. The van der Waals surface area contributed by atoms with E-state index in [9.17, 15) is 0 Å². The first kappa shape index (κ1) is 24.4. The van der Waals surface area contributed by atoms with E-state index in [1.165, 1.54) is 103 Å². The van der Waals surface area contributed by atoms with Crippen LogP contribution in [0.15, 0.2) is 24.3 Å². The van der Waals surface area contributed by atoms with Crippen LogP contribution in [-0.2, 0) is 0 Å². The van der Waals surface area contributed by atoms with Crippen LogP contribution in [0.4, 0.5) is 0 Å². The minimum Gasteiger partial charge on any atom is -0.309 e. The molecule has 0 aromatic carbocycles. The topological polar surface area (TPSA) is 3.24 Å². The third-order valence-electron chi connectivity index (χ3n) is 4.81. The van der Waals surface area contributed by atoms with Crippen molar-refractivity contribution in [3.8, 4) is 0 Å². The van der Waals surface area contributed by atoms with Crippen molar-refractivity contribution in [1.82, 2.24) is 4.90 Å². The van der Waals surface area contributed by atoms with Crippen LogP contribution in [-0.4, -0.2) is 25.5 Å². The fourth-order valence-electron chi connectivity index (χ4n) is 3.12. The van der Waals surface area contributed by atoms with Crippen molar-refractivity contribution in [3.63, 3.8) is 0 Å². The maximum atomic E-state index is 2.38. The van der Waals surface area contributed by atoms with Crippen LogP contribution in [0, 0.1) is 0 Å². The maximum absolute atomic E-state index is 2.38. The maximum Gasteiger partial charge on any atom is -0.00248 e. The van der Waals surface area contributed by atoms with Crippen molar-refractivity contribution in [2.24, 2.45) is 0 Å². The molecule has 0 fully saturated rings. The fourth-order valence-corrected chi connectivity index (χ4v) is 3.12. The Labute approximate surface area is 160 Å². The van der Waals surface area contributed by atoms with Crippen molar-refractivity contribution < 1.29 is 0 Å². The predicted octanol–water partition coefficient (Wildman–Crippen LogP) is 7.92. The second-order valence-electron chi connectivity index (χ2n) is 7.80. The van der Waals surface area contributed by atoms with Gasteiger partial charge in [0.2, 0.25) is 0 Å². The first-order valence-corrected chi connectivity index (χ1v) is 11.2. The molecule has 0 rings (SSSR count). The molecule has 0 atom stereocenters. The summed E-state index contributed by atoms with van der Waals surface area (Å²) in [5.41, 5.74) is 0. The number of allylic oxidation sites excluding steroid dienone is 4. The number of hydrogen-bond donors (Lipinski definition) is 0. The van der Waals surface area contributed by atoms with Crippen molar-refractivity contribution in [2.75, 3.05) is 20.6 Å². The monoisotopic (exact) mass is 349 g/mol. The summed E-state index contributed by atoms with van der Waals surface area (Å²) >= 11 is 0. The number of hydrogen-bond acceptors (Lipinski definition) is 1. The third-order valence-corrected chi connectivity index (χ3v) is 4.81. The van der Waals surface area contributed by atoms with Crippen LogP contribution in [0.3, 0.4) is 0 Å². The molecular formula is C24H47N. The molecule has 0 aliphatic carbocycles. The van der Waals surface area contributed by atoms with Crippen molar-refractivity contribution in [2.45, 2.75) is 110 Å². The van der Waals surface area contributed by atoms with E-state index >= 15 is 0 Å². The minimum absolute atomic E-state index is 1.13. The highest BCUT2D eigenvalue weighted by molar-refractivity contribution is 4.92. The van der Waals surface area contributed by atoms with E-state index in [1.807, 2.05) is 0 Å². The Hall–Kier alpha value is -0.560. The van der Waals surface area contributed by atoms with Gasteiger partial charge in [0.15, 0.2) is 0 Å². The lowest BCUT2D eigenvalue weighted by molar-refractivity contribution is 0.389. The van der Waals surface area contributed by atoms with Crippen LogP contribution in [0.2, 0.25) is 0 Å². The van der Waals surface area contributed by atoms with Gasteiger partial charge in [-0.1, -0.05) is 95.4 Å². The standard InChI is InChI=1S/C24H47N/c1-4-5-6-7-8-9-10-11-12-13-14-15-16-17-18-19-20-21-22-23-24-25(2)3/h8-9,11-12H,4-7,10,13-24H2,1-3H3/b9-8-,12-11-. The smallest absolute Gasteiger partial charge is 0.00248 e. The zero-order chi connectivity index (χ0) is 18.4. The van der Waals surface area contributed by atoms with Crippen LogP contribution in [0.1, 0.15) is 110 Å². The van der Waals surface area contributed by atoms with Crippen LogP contribution >= 0.6 is 0 Å². The molecule has 0 saturated carbocycles. The molecule has 0 aromatic rings. The molecule has 0 aliphatic heterocycles. The molecule has 0 heterocycles. The van der Waals surface area contributed by atoms with Gasteiger partial charge in [0.05, 0.1) is 0 Å². The summed E-state index contributed by atoms with van der Waals surface area (Å²) in [5.74, 6) is 0. The molecule has 25 heavy (non-hydrogen) atoms. The Bertz CT molecular complexity index is 290. The van der Waals surface area contributed by atoms with Crippen LogP contribution < -0.4 is 0 Å². The summed E-state index contributed by atoms with van der Waals surface area (Å²) < 4.78 is 0. The van der Waals surface area contributed by atoms with Gasteiger partial charge in [0, 0.05) is 0 Å². The largest absolute Gasteiger partial charge is 0.309 e. The van der Waals surface area contributed by atoms with Gasteiger partial charge in [0.25, 0.3) is 0 Å². The van der Waals surface area contributed by atoms with Crippen LogP contribution in [0.5, 0.6) is 0 Å². The van der Waals surface area contributed by atoms with E-state index in [0.29, 0.717) is 0 Å². The summed E-state index contributed by atoms with van der Waals surface area (Å²) in [6.07, 6.45) is 31.4. The summed E-state index contributed by atoms with van der Waals surface area (Å²) in [7, 11) is 4.34. The predicted molar refractivity (Wildman–Crippen MR) is 116 cm³/mol. The van der Waals surface area contributed by atoms with Gasteiger partial charge in [-0.05, 0) is 59.2 Å². The molecule has 1 nitrogen and oxygen atoms in total. The second kappa shape index (κ2) is 21.5. The molecule has 0 bridgehead atoms. The molecule has 0 unspecified atom stereocenters. The van der Waals surface area contributed by atoms with E-state index < -0.39 is 0 Å². The lowest BCUT2D eigenvalue weighted by Crippen LogP contribution is -2.12. The summed E-state index contributed by atoms with van der Waals surface area (Å²) in [4.78, 5) is 2.29. The third kappa shape index (κ3) is 23.4. The number of rotatable bonds is 19. The Morgan fingerprint density at radius 1 is 0.520 bits per heavy atom. The zero-order valence-electron chi connectivity index (χ0n) is 17.8. The minimum atomic E-state index is 1.13. The van der Waals surface area contributed by atoms with Gasteiger partial charge in [-0.25, -0.2) is 0 Å². The molecule has 0 amide bonds. The SMILES string of the molecule is CCCCC/C=C\C/C=C\CCCCCCCCCCCCN(C)C. The van der Waals surface area contributed by atoms with Gasteiger partial charge < -0.3 is 4.90 Å². The van der Waals surface area contributed by atoms with Gasteiger partial charge in [0.1, 0.15) is 0 Å². The summed E-state index contributed by atoms with van der Waals surface area (Å²) in [6, 6.07) is 0. The zero-order valence-corrected chi connectivity index (χ0v) is 17.8. The quantitative estimate of drug-likeness (QED) is 0.169. The Morgan fingerprint density at radius 3 is 1.44 bits per heavy atom. The van der Waals surface area contributed by atoms with Crippen molar-refractivity contribution in [1.29, 1.82) is 0 Å². The Kier molecular flexibility index (Phi) is 21.0. The lowest BCUT2D eigenvalue weighted by atomic mass is 10.1. The molecule has 0 saturated heterocycles. The molecular weight excluding hydrogens is 302 g/mol. The van der Waals surface area contributed by atoms with Gasteiger partial charge in [-0.2, -0.15) is 0 Å². The Balaban J connectivity index is 3.12. The van der Waals surface area contributed by atoms with Crippen molar-refractivity contribution in [3.05, 3.63) is 24.3 Å². The van der Waals surface area contributed by atoms with E-state index in [4.69, 9.17) is 0 Å². The molecule has 0 radical (unpaired) electrons. The second-order valence-corrected chi connectivity index (χ2v) is 7.80. The lowest BCUT2D eigenvalue weighted by Gasteiger charge is -2.08. The van der Waals surface area contributed by atoms with Gasteiger partial charge >= 0.3 is 0 Å². The highest BCUT2D eigenvalue weighted by Crippen LogP contribution is 2.11. The summed E-state index contributed by atoms with van der Waals surface area (Å²) in [5, 5.41) is 0. The molecule has 1 heteroatoms. The first-order chi connectivity index (χ1) is 12.3. The fraction of sp³-hybridized carbons (Fsp3) is 0.833. The van der Waals surface area contributed by atoms with E-state index in [1.54, 1.807) is 0 Å². The highest BCUT2D eigenvalue weighted by Gasteiger charge is 1.94. The molecule has 0 spiro atoms. The number of nitrogens with zero attached hydrogens (tertiary/aromatic N) is 1. The molecule has 0 aliphatic rings. The van der Waals surface area contributed by atoms with Crippen LogP contribution in [0.25, 0.3) is 0 Å². The van der Waals surface area contributed by atoms with E-state index in [-0.39, 0.29) is 0 Å². The van der Waals surface area contributed by atoms with Gasteiger partial charge in [-0.3, -0.25) is 0 Å². The average Bonchev–Trinajstić information content (AvgIpc) is 2.60. The molecule has 148 valence electrons. The van der Waals surface area contributed by atoms with E-state index in [0.717, 1.165) is 6.42 Å². The summed E-state index contributed by atoms with van der Waals surface area (Å²) in [6.45, 7) is 3.52. The molecule has 0 aromatic heterocycles. The highest BCUT2D eigenvalue weighted by atomic mass is 15.0. The van der Waals surface area contributed by atoms with E-state index in [2.05, 4.69) is 50.2 Å². The average molecular weight is 350 g/mol. The first-order valence-electron chi connectivity index (χ1n) is 11.2. The van der Waals surface area contributed by atoms with Gasteiger partial charge in [-0.15, -0.1) is 0 Å². The number of unbranched alkanes of at least 4 members (excludes halogenated alkanes) is 13. The molecule has 0 N–H and O–H groups in total. The van der Waals surface area contributed by atoms with Crippen molar-refractivity contribution >= 4 is 0 Å².